The lowest BCUT2D eigenvalue weighted by Crippen LogP contribution is -1.99. The van der Waals surface area contributed by atoms with E-state index in [-0.39, 0.29) is 0 Å². The monoisotopic (exact) mass is 359 g/mol. The van der Waals surface area contributed by atoms with Gasteiger partial charge in [0.1, 0.15) is 0 Å². The standard InChI is InChI=1S/C12H11ClIN3/c1-2-17-8-9(7-16-17)6-15-12-4-3-10(13)5-11(12)14/h2-5,7-8,15H,1,6H2. The molecule has 17 heavy (non-hydrogen) atoms. The molecule has 1 N–H and O–H groups in total. The van der Waals surface area contributed by atoms with Gasteiger partial charge in [0.25, 0.3) is 0 Å². The van der Waals surface area contributed by atoms with Crippen LogP contribution in [-0.2, 0) is 6.54 Å². The van der Waals surface area contributed by atoms with Gasteiger partial charge in [-0.1, -0.05) is 18.2 Å². The van der Waals surface area contributed by atoms with Gasteiger partial charge in [-0.05, 0) is 40.8 Å². The van der Waals surface area contributed by atoms with E-state index in [0.717, 1.165) is 26.4 Å². The molecule has 1 aromatic carbocycles. The summed E-state index contributed by atoms with van der Waals surface area (Å²) in [5.74, 6) is 0. The average Bonchev–Trinajstić information content (AvgIpc) is 2.76. The van der Waals surface area contributed by atoms with Gasteiger partial charge < -0.3 is 5.32 Å². The minimum absolute atomic E-state index is 0.728. The molecule has 0 unspecified atom stereocenters. The highest BCUT2D eigenvalue weighted by Gasteiger charge is 2.01. The van der Waals surface area contributed by atoms with Crippen LogP contribution in [0.15, 0.2) is 37.2 Å². The smallest absolute Gasteiger partial charge is 0.0543 e. The van der Waals surface area contributed by atoms with Crippen molar-refractivity contribution in [3.05, 3.63) is 51.3 Å². The largest absolute Gasteiger partial charge is 0.380 e. The number of hydrogen-bond acceptors (Lipinski definition) is 2. The third-order valence-corrected chi connectivity index (χ3v) is 3.38. The van der Waals surface area contributed by atoms with Gasteiger partial charge in [-0.15, -0.1) is 0 Å². The molecule has 1 aromatic heterocycles. The molecule has 0 saturated heterocycles. The predicted octanol–water partition coefficient (Wildman–Crippen LogP) is 3.85. The molecule has 0 aliphatic carbocycles. The molecule has 88 valence electrons. The first-order chi connectivity index (χ1) is 8.19. The van der Waals surface area contributed by atoms with E-state index in [1.165, 1.54) is 0 Å². The Bertz CT molecular complexity index is 536. The van der Waals surface area contributed by atoms with Crippen LogP contribution in [0.2, 0.25) is 5.02 Å². The summed E-state index contributed by atoms with van der Waals surface area (Å²) >= 11 is 8.16. The summed E-state index contributed by atoms with van der Waals surface area (Å²) in [4.78, 5) is 0. The van der Waals surface area contributed by atoms with Gasteiger partial charge in [-0.3, -0.25) is 0 Å². The second kappa shape index (κ2) is 5.55. The van der Waals surface area contributed by atoms with E-state index in [0.29, 0.717) is 0 Å². The highest BCUT2D eigenvalue weighted by Crippen LogP contribution is 2.22. The number of aromatic nitrogens is 2. The van der Waals surface area contributed by atoms with E-state index in [9.17, 15) is 0 Å². The molecule has 0 bridgehead atoms. The molecule has 0 aliphatic heterocycles. The maximum absolute atomic E-state index is 5.90. The molecular weight excluding hydrogens is 349 g/mol. The summed E-state index contributed by atoms with van der Waals surface area (Å²) in [6, 6.07) is 5.78. The third-order valence-electron chi connectivity index (χ3n) is 2.26. The number of halogens is 2. The van der Waals surface area contributed by atoms with Crippen molar-refractivity contribution in [1.82, 2.24) is 9.78 Å². The van der Waals surface area contributed by atoms with E-state index >= 15 is 0 Å². The van der Waals surface area contributed by atoms with E-state index in [4.69, 9.17) is 11.6 Å². The number of nitrogens with one attached hydrogen (secondary N) is 1. The quantitative estimate of drug-likeness (QED) is 0.840. The van der Waals surface area contributed by atoms with Crippen molar-refractivity contribution in [2.75, 3.05) is 5.32 Å². The highest BCUT2D eigenvalue weighted by molar-refractivity contribution is 14.1. The SMILES string of the molecule is C=Cn1cc(CNc2ccc(Cl)cc2I)cn1. The summed E-state index contributed by atoms with van der Waals surface area (Å²) < 4.78 is 2.79. The molecule has 0 radical (unpaired) electrons. The molecular formula is C12H11ClIN3. The van der Waals surface area contributed by atoms with E-state index in [2.05, 4.69) is 39.6 Å². The molecule has 2 aromatic rings. The van der Waals surface area contributed by atoms with Crippen molar-refractivity contribution < 1.29 is 0 Å². The van der Waals surface area contributed by atoms with Crippen LogP contribution in [0.3, 0.4) is 0 Å². The molecule has 1 heterocycles. The fourth-order valence-electron chi connectivity index (χ4n) is 1.40. The van der Waals surface area contributed by atoms with Crippen LogP contribution >= 0.6 is 34.2 Å². The first-order valence-corrected chi connectivity index (χ1v) is 6.49. The first kappa shape index (κ1) is 12.4. The Morgan fingerprint density at radius 2 is 2.35 bits per heavy atom. The molecule has 0 aliphatic rings. The topological polar surface area (TPSA) is 29.9 Å². The Kier molecular flexibility index (Phi) is 4.06. The summed E-state index contributed by atoms with van der Waals surface area (Å²) in [5, 5.41) is 8.21. The third kappa shape index (κ3) is 3.23. The predicted molar refractivity (Wildman–Crippen MR) is 80.1 cm³/mol. The lowest BCUT2D eigenvalue weighted by molar-refractivity contribution is 0.936. The van der Waals surface area contributed by atoms with Crippen LogP contribution in [0.25, 0.3) is 6.20 Å². The lowest BCUT2D eigenvalue weighted by Gasteiger charge is -2.07. The van der Waals surface area contributed by atoms with Crippen LogP contribution in [-0.4, -0.2) is 9.78 Å². The van der Waals surface area contributed by atoms with Gasteiger partial charge in [0.05, 0.1) is 6.20 Å². The highest BCUT2D eigenvalue weighted by atomic mass is 127. The summed E-state index contributed by atoms with van der Waals surface area (Å²) in [6.45, 7) is 4.38. The lowest BCUT2D eigenvalue weighted by atomic mass is 10.3. The fourth-order valence-corrected chi connectivity index (χ4v) is 2.46. The molecule has 0 atom stereocenters. The number of rotatable bonds is 4. The minimum Gasteiger partial charge on any atom is -0.380 e. The van der Waals surface area contributed by atoms with Crippen molar-refractivity contribution in [1.29, 1.82) is 0 Å². The van der Waals surface area contributed by atoms with Crippen molar-refractivity contribution in [2.45, 2.75) is 6.54 Å². The summed E-state index contributed by atoms with van der Waals surface area (Å²) in [5.41, 5.74) is 2.18. The van der Waals surface area contributed by atoms with Gasteiger partial charge in [-0.2, -0.15) is 5.10 Å². The first-order valence-electron chi connectivity index (χ1n) is 5.03. The number of nitrogens with zero attached hydrogens (tertiary/aromatic N) is 2. The van der Waals surface area contributed by atoms with Gasteiger partial charge in [-0.25, -0.2) is 4.68 Å². The summed E-state index contributed by atoms with van der Waals surface area (Å²) in [6.07, 6.45) is 5.41. The zero-order valence-electron chi connectivity index (χ0n) is 9.03. The molecule has 5 heteroatoms. The number of hydrogen-bond donors (Lipinski definition) is 1. The van der Waals surface area contributed by atoms with Crippen LogP contribution in [0.5, 0.6) is 0 Å². The molecule has 0 fully saturated rings. The minimum atomic E-state index is 0.728. The van der Waals surface area contributed by atoms with Crippen molar-refractivity contribution in [2.24, 2.45) is 0 Å². The second-order valence-electron chi connectivity index (χ2n) is 3.49. The Balaban J connectivity index is 2.04. The number of anilines is 1. The Morgan fingerprint density at radius 3 is 3.00 bits per heavy atom. The van der Waals surface area contributed by atoms with Crippen molar-refractivity contribution >= 4 is 46.1 Å². The Morgan fingerprint density at radius 1 is 1.53 bits per heavy atom. The van der Waals surface area contributed by atoms with Crippen LogP contribution in [0.1, 0.15) is 5.56 Å². The van der Waals surface area contributed by atoms with E-state index in [1.807, 2.05) is 30.6 Å². The van der Waals surface area contributed by atoms with Crippen molar-refractivity contribution in [3.63, 3.8) is 0 Å². The zero-order chi connectivity index (χ0) is 12.3. The average molecular weight is 360 g/mol. The summed E-state index contributed by atoms with van der Waals surface area (Å²) in [7, 11) is 0. The molecule has 0 amide bonds. The Hall–Kier alpha value is -1.01. The Labute approximate surface area is 119 Å². The van der Waals surface area contributed by atoms with Gasteiger partial charge in [0.15, 0.2) is 0 Å². The van der Waals surface area contributed by atoms with Crippen LogP contribution < -0.4 is 5.32 Å². The maximum Gasteiger partial charge on any atom is 0.0543 e. The zero-order valence-corrected chi connectivity index (χ0v) is 11.9. The normalized spacial score (nSPS) is 10.2. The van der Waals surface area contributed by atoms with Crippen LogP contribution in [0.4, 0.5) is 5.69 Å². The molecule has 0 spiro atoms. The maximum atomic E-state index is 5.90. The fraction of sp³-hybridized carbons (Fsp3) is 0.0833. The number of benzene rings is 1. The van der Waals surface area contributed by atoms with E-state index in [1.54, 1.807) is 10.9 Å². The molecule has 2 rings (SSSR count). The van der Waals surface area contributed by atoms with Gasteiger partial charge in [0.2, 0.25) is 0 Å². The van der Waals surface area contributed by atoms with Gasteiger partial charge >= 0.3 is 0 Å². The molecule has 0 saturated carbocycles. The second-order valence-corrected chi connectivity index (χ2v) is 5.09. The van der Waals surface area contributed by atoms with Crippen molar-refractivity contribution in [3.8, 4) is 0 Å². The van der Waals surface area contributed by atoms with E-state index < -0.39 is 0 Å². The van der Waals surface area contributed by atoms with Crippen LogP contribution in [0, 0.1) is 3.57 Å². The van der Waals surface area contributed by atoms with Gasteiger partial charge in [0, 0.05) is 38.8 Å². The molecule has 3 nitrogen and oxygen atoms in total.